The molecule has 0 spiro atoms. The summed E-state index contributed by atoms with van der Waals surface area (Å²) < 4.78 is 11.4. The summed E-state index contributed by atoms with van der Waals surface area (Å²) in [6, 6.07) is 2.67. The maximum Gasteiger partial charge on any atom is 0.118 e. The first-order chi connectivity index (χ1) is 9.56. The largest absolute Gasteiger partial charge is 0.465 e. The van der Waals surface area contributed by atoms with E-state index >= 15 is 0 Å². The van der Waals surface area contributed by atoms with E-state index in [1.807, 2.05) is 0 Å². The van der Waals surface area contributed by atoms with Crippen LogP contribution in [0.5, 0.6) is 0 Å². The average molecular weight is 280 g/mol. The lowest BCUT2D eigenvalue weighted by Gasteiger charge is -2.32. The molecule has 1 unspecified atom stereocenters. The van der Waals surface area contributed by atoms with Gasteiger partial charge in [-0.25, -0.2) is 0 Å². The molecule has 1 aromatic rings. The number of furan rings is 1. The molecule has 2 heterocycles. The molecule has 1 aromatic heterocycles. The second-order valence-electron chi connectivity index (χ2n) is 6.21. The van der Waals surface area contributed by atoms with E-state index in [0.717, 1.165) is 50.9 Å². The van der Waals surface area contributed by atoms with Crippen molar-refractivity contribution in [3.63, 3.8) is 0 Å². The molecule has 1 aliphatic rings. The van der Waals surface area contributed by atoms with Gasteiger partial charge < -0.3 is 14.5 Å². The molecule has 114 valence electrons. The standard InChI is InChI=1S/C16H28N2O2/c1-12(2)8-17-9-15-7-16(20-14(15)4)10-18-5-6-19-11-13(18)3/h7,12-13,17H,5-6,8-11H2,1-4H3. The van der Waals surface area contributed by atoms with Crippen molar-refractivity contribution >= 4 is 0 Å². The third-order valence-corrected chi connectivity index (χ3v) is 3.80. The Kier molecular flexibility index (Phi) is 5.64. The van der Waals surface area contributed by atoms with Crippen LogP contribution in [0.1, 0.15) is 37.9 Å². The number of nitrogens with zero attached hydrogens (tertiary/aromatic N) is 1. The van der Waals surface area contributed by atoms with Crippen molar-refractivity contribution in [1.82, 2.24) is 10.2 Å². The third-order valence-electron chi connectivity index (χ3n) is 3.80. The van der Waals surface area contributed by atoms with Crippen LogP contribution in [0.3, 0.4) is 0 Å². The Morgan fingerprint density at radius 2 is 2.25 bits per heavy atom. The molecule has 1 saturated heterocycles. The van der Waals surface area contributed by atoms with Gasteiger partial charge in [0.15, 0.2) is 0 Å². The highest BCUT2D eigenvalue weighted by atomic mass is 16.5. The predicted molar refractivity (Wildman–Crippen MR) is 80.7 cm³/mol. The molecule has 0 saturated carbocycles. The van der Waals surface area contributed by atoms with Crippen molar-refractivity contribution < 1.29 is 9.15 Å². The Bertz CT molecular complexity index is 415. The van der Waals surface area contributed by atoms with Crippen LogP contribution in [0.15, 0.2) is 10.5 Å². The van der Waals surface area contributed by atoms with Gasteiger partial charge in [-0.3, -0.25) is 4.90 Å². The quantitative estimate of drug-likeness (QED) is 0.869. The van der Waals surface area contributed by atoms with E-state index < -0.39 is 0 Å². The monoisotopic (exact) mass is 280 g/mol. The van der Waals surface area contributed by atoms with Gasteiger partial charge in [0.05, 0.1) is 19.8 Å². The lowest BCUT2D eigenvalue weighted by Crippen LogP contribution is -2.42. The highest BCUT2D eigenvalue weighted by Crippen LogP contribution is 2.18. The number of morpholine rings is 1. The zero-order valence-corrected chi connectivity index (χ0v) is 13.2. The zero-order valence-electron chi connectivity index (χ0n) is 13.2. The molecule has 1 atom stereocenters. The van der Waals surface area contributed by atoms with Gasteiger partial charge in [-0.2, -0.15) is 0 Å². The van der Waals surface area contributed by atoms with Gasteiger partial charge >= 0.3 is 0 Å². The second kappa shape index (κ2) is 7.25. The molecule has 0 aliphatic carbocycles. The van der Waals surface area contributed by atoms with Crippen molar-refractivity contribution in [1.29, 1.82) is 0 Å². The number of nitrogens with one attached hydrogen (secondary N) is 1. The minimum atomic E-state index is 0.469. The highest BCUT2D eigenvalue weighted by molar-refractivity contribution is 5.20. The van der Waals surface area contributed by atoms with E-state index in [-0.39, 0.29) is 0 Å². The van der Waals surface area contributed by atoms with Gasteiger partial charge in [0, 0.05) is 24.7 Å². The summed E-state index contributed by atoms with van der Waals surface area (Å²) in [6.45, 7) is 14.2. The molecule has 1 fully saturated rings. The SMILES string of the molecule is Cc1oc(CN2CCOCC2C)cc1CNCC(C)C. The van der Waals surface area contributed by atoms with Gasteiger partial charge in [-0.05, 0) is 32.4 Å². The van der Waals surface area contributed by atoms with Gasteiger partial charge in [0.25, 0.3) is 0 Å². The summed E-state index contributed by atoms with van der Waals surface area (Å²) in [7, 11) is 0. The highest BCUT2D eigenvalue weighted by Gasteiger charge is 2.20. The summed E-state index contributed by atoms with van der Waals surface area (Å²) in [6.07, 6.45) is 0. The molecule has 4 heteroatoms. The molecule has 0 radical (unpaired) electrons. The molecular formula is C16H28N2O2. The van der Waals surface area contributed by atoms with E-state index in [9.17, 15) is 0 Å². The number of ether oxygens (including phenoxy) is 1. The summed E-state index contributed by atoms with van der Waals surface area (Å²) >= 11 is 0. The van der Waals surface area contributed by atoms with Crippen molar-refractivity contribution in [3.8, 4) is 0 Å². The fraction of sp³-hybridized carbons (Fsp3) is 0.750. The Balaban J connectivity index is 1.89. The van der Waals surface area contributed by atoms with Crippen LogP contribution in [0, 0.1) is 12.8 Å². The Labute approximate surface area is 122 Å². The summed E-state index contributed by atoms with van der Waals surface area (Å²) in [5, 5.41) is 3.47. The van der Waals surface area contributed by atoms with Crippen molar-refractivity contribution in [3.05, 3.63) is 23.2 Å². The number of rotatable bonds is 6. The zero-order chi connectivity index (χ0) is 14.5. The van der Waals surface area contributed by atoms with E-state index in [1.54, 1.807) is 0 Å². The van der Waals surface area contributed by atoms with E-state index in [0.29, 0.717) is 12.0 Å². The molecule has 0 bridgehead atoms. The first kappa shape index (κ1) is 15.5. The first-order valence-corrected chi connectivity index (χ1v) is 7.67. The molecule has 1 aliphatic heterocycles. The minimum absolute atomic E-state index is 0.469. The Morgan fingerprint density at radius 1 is 1.45 bits per heavy atom. The molecule has 0 amide bonds. The van der Waals surface area contributed by atoms with Gasteiger partial charge in [-0.1, -0.05) is 13.8 Å². The average Bonchev–Trinajstić information content (AvgIpc) is 2.72. The van der Waals surface area contributed by atoms with Crippen LogP contribution in [0.25, 0.3) is 0 Å². The number of hydrogen-bond acceptors (Lipinski definition) is 4. The Morgan fingerprint density at radius 3 is 2.95 bits per heavy atom. The van der Waals surface area contributed by atoms with Crippen LogP contribution in [0.4, 0.5) is 0 Å². The van der Waals surface area contributed by atoms with E-state index in [2.05, 4.69) is 44.0 Å². The normalized spacial score (nSPS) is 20.8. The predicted octanol–water partition coefficient (Wildman–Crippen LogP) is 2.55. The van der Waals surface area contributed by atoms with E-state index in [4.69, 9.17) is 9.15 Å². The number of hydrogen-bond donors (Lipinski definition) is 1. The molecule has 4 nitrogen and oxygen atoms in total. The Hall–Kier alpha value is -0.840. The van der Waals surface area contributed by atoms with Crippen LogP contribution >= 0.6 is 0 Å². The fourth-order valence-electron chi connectivity index (χ4n) is 2.53. The van der Waals surface area contributed by atoms with Crippen molar-refractivity contribution in [2.24, 2.45) is 5.92 Å². The number of aryl methyl sites for hydroxylation is 1. The van der Waals surface area contributed by atoms with Crippen molar-refractivity contribution in [2.75, 3.05) is 26.3 Å². The minimum Gasteiger partial charge on any atom is -0.465 e. The molecule has 0 aromatic carbocycles. The maximum absolute atomic E-state index is 5.90. The lowest BCUT2D eigenvalue weighted by molar-refractivity contribution is -0.00717. The van der Waals surface area contributed by atoms with E-state index in [1.165, 1.54) is 5.56 Å². The first-order valence-electron chi connectivity index (χ1n) is 7.67. The lowest BCUT2D eigenvalue weighted by atomic mass is 10.2. The van der Waals surface area contributed by atoms with Gasteiger partial charge in [-0.15, -0.1) is 0 Å². The molecule has 20 heavy (non-hydrogen) atoms. The molecule has 1 N–H and O–H groups in total. The molecule has 2 rings (SSSR count). The summed E-state index contributed by atoms with van der Waals surface area (Å²) in [5.41, 5.74) is 1.28. The van der Waals surface area contributed by atoms with Gasteiger partial charge in [0.2, 0.25) is 0 Å². The third kappa shape index (κ3) is 4.33. The van der Waals surface area contributed by atoms with Crippen LogP contribution in [-0.2, 0) is 17.8 Å². The second-order valence-corrected chi connectivity index (χ2v) is 6.21. The molecular weight excluding hydrogens is 252 g/mol. The van der Waals surface area contributed by atoms with Crippen LogP contribution in [-0.4, -0.2) is 37.2 Å². The maximum atomic E-state index is 5.90. The smallest absolute Gasteiger partial charge is 0.118 e. The van der Waals surface area contributed by atoms with Crippen molar-refractivity contribution in [2.45, 2.75) is 46.8 Å². The van der Waals surface area contributed by atoms with Crippen LogP contribution in [0.2, 0.25) is 0 Å². The summed E-state index contributed by atoms with van der Waals surface area (Å²) in [4.78, 5) is 2.42. The topological polar surface area (TPSA) is 37.6 Å². The van der Waals surface area contributed by atoms with Gasteiger partial charge in [0.1, 0.15) is 11.5 Å². The van der Waals surface area contributed by atoms with Crippen LogP contribution < -0.4 is 5.32 Å². The summed E-state index contributed by atoms with van der Waals surface area (Å²) in [5.74, 6) is 2.78. The fourth-order valence-corrected chi connectivity index (χ4v) is 2.53.